The van der Waals surface area contributed by atoms with Crippen molar-refractivity contribution in [3.8, 4) is 11.4 Å². The number of imidazole rings is 1. The quantitative estimate of drug-likeness (QED) is 0.510. The van der Waals surface area contributed by atoms with Crippen LogP contribution in [0.4, 0.5) is 13.2 Å². The molecule has 0 saturated heterocycles. The Morgan fingerprint density at radius 3 is 2.51 bits per heavy atom. The van der Waals surface area contributed by atoms with Gasteiger partial charge in [-0.3, -0.25) is 0 Å². The smallest absolute Gasteiger partial charge is 0.194 e. The Kier molecular flexibility index (Phi) is 7.02. The van der Waals surface area contributed by atoms with Crippen molar-refractivity contribution in [1.29, 1.82) is 0 Å². The van der Waals surface area contributed by atoms with E-state index in [2.05, 4.69) is 9.98 Å². The Hall–Kier alpha value is -3.53. The lowest BCUT2D eigenvalue weighted by atomic mass is 10.0. The van der Waals surface area contributed by atoms with Crippen molar-refractivity contribution >= 4 is 5.96 Å². The van der Waals surface area contributed by atoms with Crippen molar-refractivity contribution in [2.75, 3.05) is 13.7 Å². The fourth-order valence-corrected chi connectivity index (χ4v) is 4.38. The number of ether oxygens (including phenoxy) is 1. The Morgan fingerprint density at radius 2 is 1.89 bits per heavy atom. The van der Waals surface area contributed by atoms with Crippen molar-refractivity contribution in [3.05, 3.63) is 77.1 Å². The third-order valence-electron chi connectivity index (χ3n) is 6.33. The van der Waals surface area contributed by atoms with Crippen molar-refractivity contribution in [3.63, 3.8) is 0 Å². The molecular weight excluding hydrogens is 459 g/mol. The van der Waals surface area contributed by atoms with E-state index >= 15 is 0 Å². The number of aliphatic imine (C=N–C) groups is 1. The van der Waals surface area contributed by atoms with Crippen molar-refractivity contribution < 1.29 is 23.0 Å². The maximum absolute atomic E-state index is 13.7. The third-order valence-corrected chi connectivity index (χ3v) is 6.33. The zero-order chi connectivity index (χ0) is 25.3. The molecule has 35 heavy (non-hydrogen) atoms. The zero-order valence-corrected chi connectivity index (χ0v) is 19.8. The summed E-state index contributed by atoms with van der Waals surface area (Å²) in [6.07, 6.45) is 3.74. The number of halogens is 3. The van der Waals surface area contributed by atoms with Gasteiger partial charge in [0.25, 0.3) is 0 Å². The number of aliphatic hydroxyl groups excluding tert-OH is 1. The lowest BCUT2D eigenvalue weighted by molar-refractivity contribution is 0.0920. The molecule has 1 aromatic heterocycles. The summed E-state index contributed by atoms with van der Waals surface area (Å²) in [6.45, 7) is 4.07. The van der Waals surface area contributed by atoms with Gasteiger partial charge in [0.05, 0.1) is 43.0 Å². The number of benzene rings is 2. The summed E-state index contributed by atoms with van der Waals surface area (Å²) >= 11 is 0. The second kappa shape index (κ2) is 9.99. The molecule has 0 bridgehead atoms. The van der Waals surface area contributed by atoms with E-state index in [1.165, 1.54) is 0 Å². The van der Waals surface area contributed by atoms with E-state index in [4.69, 9.17) is 10.5 Å². The summed E-state index contributed by atoms with van der Waals surface area (Å²) in [5.74, 6) is -3.41. The van der Waals surface area contributed by atoms with Gasteiger partial charge in [-0.05, 0) is 62.1 Å². The monoisotopic (exact) mass is 487 g/mol. The number of hydrogen-bond acceptors (Lipinski definition) is 6. The minimum absolute atomic E-state index is 0.0717. The number of nitrogens with zero attached hydrogens (tertiary/aromatic N) is 4. The first kappa shape index (κ1) is 24.6. The van der Waals surface area contributed by atoms with Crippen LogP contribution in [0, 0.1) is 24.4 Å². The molecule has 2 heterocycles. The van der Waals surface area contributed by atoms with Gasteiger partial charge in [0.15, 0.2) is 23.4 Å². The van der Waals surface area contributed by atoms with Crippen LogP contribution < -0.4 is 10.5 Å². The molecule has 10 heteroatoms. The molecular formula is C25H28F3N5O2. The number of rotatable bonds is 6. The third kappa shape index (κ3) is 4.97. The van der Waals surface area contributed by atoms with Gasteiger partial charge < -0.3 is 25.0 Å². The van der Waals surface area contributed by atoms with Gasteiger partial charge in [0, 0.05) is 12.7 Å². The highest BCUT2D eigenvalue weighted by Crippen LogP contribution is 2.33. The van der Waals surface area contributed by atoms with Crippen LogP contribution >= 0.6 is 0 Å². The molecule has 7 nitrogen and oxygen atoms in total. The van der Waals surface area contributed by atoms with Gasteiger partial charge in [-0.2, -0.15) is 0 Å². The van der Waals surface area contributed by atoms with Gasteiger partial charge in [-0.25, -0.2) is 23.1 Å². The van der Waals surface area contributed by atoms with E-state index in [1.807, 2.05) is 35.9 Å². The Morgan fingerprint density at radius 1 is 1.17 bits per heavy atom. The lowest BCUT2D eigenvalue weighted by Crippen LogP contribution is -2.46. The largest absolute Gasteiger partial charge is 0.495 e. The second-order valence-electron chi connectivity index (χ2n) is 8.68. The molecule has 0 fully saturated rings. The molecule has 2 aromatic carbocycles. The van der Waals surface area contributed by atoms with Gasteiger partial charge >= 0.3 is 0 Å². The number of aliphatic hydroxyl groups is 1. The Labute approximate surface area is 201 Å². The van der Waals surface area contributed by atoms with E-state index in [0.29, 0.717) is 25.1 Å². The minimum Gasteiger partial charge on any atom is -0.495 e. The number of methoxy groups -OCH3 is 1. The van der Waals surface area contributed by atoms with Crippen molar-refractivity contribution in [2.24, 2.45) is 10.7 Å². The van der Waals surface area contributed by atoms with Crippen LogP contribution in [0.1, 0.15) is 48.7 Å². The van der Waals surface area contributed by atoms with Crippen LogP contribution in [-0.2, 0) is 0 Å². The predicted octanol–water partition coefficient (Wildman–Crippen LogP) is 4.18. The summed E-state index contributed by atoms with van der Waals surface area (Å²) in [5.41, 5.74) is 8.90. The van der Waals surface area contributed by atoms with Crippen LogP contribution in [-0.4, -0.2) is 45.2 Å². The molecule has 3 N–H and O–H groups in total. The standard InChI is InChI=1S/C25H28F3N5O2/c1-14-12-32(13-30-14)21-7-6-16(11-22(21)35-3)20-5-4-8-33(25(29)31-20)15(2)24(34)17-9-18(26)23(28)19(27)10-17/h6-7,9-13,15,20,24,34H,4-5,8H2,1-3H3,(H2,29,31). The number of guanidine groups is 1. The SMILES string of the molecule is COc1cc(C2CCCN(C(C)C(O)c3cc(F)c(F)c(F)c3)C(N)=N2)ccc1-n1cnc(C)c1. The molecule has 3 atom stereocenters. The van der Waals surface area contributed by atoms with Crippen LogP contribution in [0.3, 0.4) is 0 Å². The zero-order valence-electron chi connectivity index (χ0n) is 19.8. The van der Waals surface area contributed by atoms with Gasteiger partial charge in [0.2, 0.25) is 0 Å². The normalized spacial score (nSPS) is 18.1. The van der Waals surface area contributed by atoms with E-state index in [-0.39, 0.29) is 17.6 Å². The average molecular weight is 488 g/mol. The maximum atomic E-state index is 13.7. The first-order valence-corrected chi connectivity index (χ1v) is 11.3. The predicted molar refractivity (Wildman–Crippen MR) is 126 cm³/mol. The summed E-state index contributed by atoms with van der Waals surface area (Å²) < 4.78 is 48.2. The van der Waals surface area contributed by atoms with Gasteiger partial charge in [0.1, 0.15) is 5.75 Å². The van der Waals surface area contributed by atoms with E-state index < -0.39 is 29.6 Å². The Balaban J connectivity index is 1.57. The first-order chi connectivity index (χ1) is 16.7. The van der Waals surface area contributed by atoms with E-state index in [1.54, 1.807) is 25.3 Å². The maximum Gasteiger partial charge on any atom is 0.194 e. The highest BCUT2D eigenvalue weighted by molar-refractivity contribution is 5.79. The van der Waals surface area contributed by atoms with Crippen LogP contribution in [0.15, 0.2) is 47.8 Å². The van der Waals surface area contributed by atoms with Gasteiger partial charge in [-0.1, -0.05) is 6.07 Å². The summed E-state index contributed by atoms with van der Waals surface area (Å²) in [7, 11) is 1.60. The summed E-state index contributed by atoms with van der Waals surface area (Å²) in [4.78, 5) is 10.6. The highest BCUT2D eigenvalue weighted by atomic mass is 19.2. The molecule has 4 rings (SSSR count). The number of hydrogen-bond donors (Lipinski definition) is 2. The summed E-state index contributed by atoms with van der Waals surface area (Å²) in [5, 5.41) is 10.8. The number of nitrogens with two attached hydrogens (primary N) is 1. The summed E-state index contributed by atoms with van der Waals surface area (Å²) in [6, 6.07) is 6.53. The second-order valence-corrected chi connectivity index (χ2v) is 8.68. The topological polar surface area (TPSA) is 88.9 Å². The Bertz CT molecular complexity index is 1220. The van der Waals surface area contributed by atoms with Crippen LogP contribution in [0.25, 0.3) is 5.69 Å². The molecule has 1 aliphatic rings. The van der Waals surface area contributed by atoms with Crippen LogP contribution in [0.2, 0.25) is 0 Å². The molecule has 0 spiro atoms. The first-order valence-electron chi connectivity index (χ1n) is 11.3. The van der Waals surface area contributed by atoms with E-state index in [9.17, 15) is 18.3 Å². The molecule has 3 unspecified atom stereocenters. The minimum atomic E-state index is -1.57. The number of aryl methyl sites for hydroxylation is 1. The molecule has 1 aliphatic heterocycles. The fraction of sp³-hybridized carbons (Fsp3) is 0.360. The molecule has 0 saturated carbocycles. The van der Waals surface area contributed by atoms with Gasteiger partial charge in [-0.15, -0.1) is 0 Å². The fourth-order valence-electron chi connectivity index (χ4n) is 4.38. The molecule has 0 amide bonds. The van der Waals surface area contributed by atoms with E-state index in [0.717, 1.165) is 29.1 Å². The molecule has 3 aromatic rings. The molecule has 0 aliphatic carbocycles. The number of aromatic nitrogens is 2. The van der Waals surface area contributed by atoms with Crippen molar-refractivity contribution in [2.45, 2.75) is 44.9 Å². The average Bonchev–Trinajstić information content (AvgIpc) is 3.18. The molecule has 0 radical (unpaired) electrons. The van der Waals surface area contributed by atoms with Crippen LogP contribution in [0.5, 0.6) is 5.75 Å². The lowest BCUT2D eigenvalue weighted by Gasteiger charge is -2.32. The molecule has 186 valence electrons. The highest BCUT2D eigenvalue weighted by Gasteiger charge is 2.29. The van der Waals surface area contributed by atoms with Crippen molar-refractivity contribution in [1.82, 2.24) is 14.5 Å².